The van der Waals surface area contributed by atoms with E-state index in [4.69, 9.17) is 20.3 Å². The number of halogens is 1. The number of hydrogen-bond acceptors (Lipinski definition) is 11. The third-order valence-electron chi connectivity index (χ3n) is 4.84. The molecule has 0 bridgehead atoms. The summed E-state index contributed by atoms with van der Waals surface area (Å²) in [5.74, 6) is -0.336. The Morgan fingerprint density at radius 3 is 1.66 bits per heavy atom. The monoisotopic (exact) mass is 530 g/mol. The number of nitrogen functional groups attached to an aromatic ring is 1. The Morgan fingerprint density at radius 2 is 1.24 bits per heavy atom. The molecule has 3 aliphatic rings. The molecule has 6 rings (SSSR count). The van der Waals surface area contributed by atoms with Crippen molar-refractivity contribution in [3.63, 3.8) is 0 Å². The van der Waals surface area contributed by atoms with E-state index in [1.165, 1.54) is 24.4 Å². The fourth-order valence-electron chi connectivity index (χ4n) is 2.39. The van der Waals surface area contributed by atoms with Crippen LogP contribution in [-0.2, 0) is 0 Å². The highest BCUT2D eigenvalue weighted by Crippen LogP contribution is 2.31. The molecule has 13 nitrogen and oxygen atoms in total. The summed E-state index contributed by atoms with van der Waals surface area (Å²) in [6, 6.07) is 8.88. The summed E-state index contributed by atoms with van der Waals surface area (Å²) in [6.45, 7) is 0. The molecule has 3 heterocycles. The second-order valence-corrected chi connectivity index (χ2v) is 8.42. The maximum absolute atomic E-state index is 12.3. The number of ether oxygens (including phenoxy) is 2. The molecule has 3 N–H and O–H groups in total. The molecule has 14 heteroatoms. The standard InChI is InChI=1S/C8H8N2O3.C8H10N2O.C5H3FN2O2.C3H6O/c11-10(12)7-2-1-5-9-8(7)13-6-3-4-6;9-7-2-1-5-10-8(7)11-6-3-4-6;6-5-4(8(9)10)2-1-3-7-5;4-3-1-2-3/h1-2,5-6H,3-4H2;1-2,5-6H,3-4,9H2;1-3H;3-4H,1-2H2. The third-order valence-corrected chi connectivity index (χ3v) is 4.84. The van der Waals surface area contributed by atoms with Crippen LogP contribution in [0, 0.1) is 26.2 Å². The first-order valence-corrected chi connectivity index (χ1v) is 11.8. The normalized spacial score (nSPS) is 15.2. The molecule has 38 heavy (non-hydrogen) atoms. The van der Waals surface area contributed by atoms with Gasteiger partial charge >= 0.3 is 11.4 Å². The van der Waals surface area contributed by atoms with E-state index in [1.54, 1.807) is 18.3 Å². The third kappa shape index (κ3) is 10.3. The van der Waals surface area contributed by atoms with Crippen LogP contribution in [0.25, 0.3) is 0 Å². The highest BCUT2D eigenvalue weighted by molar-refractivity contribution is 5.47. The van der Waals surface area contributed by atoms with Crippen molar-refractivity contribution in [2.24, 2.45) is 0 Å². The fraction of sp³-hybridized carbons (Fsp3) is 0.375. The van der Waals surface area contributed by atoms with E-state index in [-0.39, 0.29) is 23.8 Å². The summed E-state index contributed by atoms with van der Waals surface area (Å²) < 4.78 is 23.0. The summed E-state index contributed by atoms with van der Waals surface area (Å²) in [7, 11) is 0. The van der Waals surface area contributed by atoms with Crippen LogP contribution in [0.1, 0.15) is 38.5 Å². The van der Waals surface area contributed by atoms with Gasteiger partial charge < -0.3 is 20.3 Å². The number of nitrogens with zero attached hydrogens (tertiary/aromatic N) is 5. The highest BCUT2D eigenvalue weighted by atomic mass is 19.1. The van der Waals surface area contributed by atoms with Gasteiger partial charge in [0.25, 0.3) is 11.8 Å². The largest absolute Gasteiger partial charge is 0.473 e. The van der Waals surface area contributed by atoms with Gasteiger partial charge in [-0.15, -0.1) is 0 Å². The molecular weight excluding hydrogens is 503 g/mol. The number of anilines is 1. The van der Waals surface area contributed by atoms with Gasteiger partial charge in [-0.05, 0) is 62.8 Å². The zero-order valence-corrected chi connectivity index (χ0v) is 20.3. The first-order chi connectivity index (χ1) is 18.2. The van der Waals surface area contributed by atoms with Crippen molar-refractivity contribution in [2.45, 2.75) is 56.8 Å². The predicted octanol–water partition coefficient (Wildman–Crippen LogP) is 4.01. The SMILES string of the molecule is Nc1cccnc1OC1CC1.O=[N+]([O-])c1cccnc1F.O=[N+]([O-])c1cccnc1OC1CC1.OC1CC1. The molecular formula is C24H27FN6O7. The topological polar surface area (TPSA) is 190 Å². The van der Waals surface area contributed by atoms with Crippen LogP contribution in [0.15, 0.2) is 55.0 Å². The Labute approximate surface area is 216 Å². The smallest absolute Gasteiger partial charge is 0.330 e. The van der Waals surface area contributed by atoms with Gasteiger partial charge in [0.1, 0.15) is 12.2 Å². The van der Waals surface area contributed by atoms with Crippen LogP contribution in [0.2, 0.25) is 0 Å². The lowest BCUT2D eigenvalue weighted by molar-refractivity contribution is -0.388. The number of hydrogen-bond donors (Lipinski definition) is 2. The maximum Gasteiger partial charge on any atom is 0.330 e. The van der Waals surface area contributed by atoms with E-state index in [0.29, 0.717) is 17.7 Å². The van der Waals surface area contributed by atoms with Crippen LogP contribution in [0.5, 0.6) is 11.8 Å². The van der Waals surface area contributed by atoms with Gasteiger partial charge in [-0.3, -0.25) is 20.2 Å². The van der Waals surface area contributed by atoms with Crippen molar-refractivity contribution in [3.8, 4) is 11.8 Å². The van der Waals surface area contributed by atoms with Crippen molar-refractivity contribution in [1.82, 2.24) is 15.0 Å². The van der Waals surface area contributed by atoms with Crippen LogP contribution >= 0.6 is 0 Å². The lowest BCUT2D eigenvalue weighted by Gasteiger charge is -2.04. The van der Waals surface area contributed by atoms with Crippen molar-refractivity contribution in [2.75, 3.05) is 5.73 Å². The first kappa shape index (κ1) is 28.1. The maximum atomic E-state index is 12.3. The van der Waals surface area contributed by atoms with E-state index in [1.807, 2.05) is 0 Å². The Balaban J connectivity index is 0.000000148. The molecule has 3 aliphatic carbocycles. The number of pyridine rings is 3. The van der Waals surface area contributed by atoms with E-state index in [9.17, 15) is 24.6 Å². The molecule has 0 aromatic carbocycles. The zero-order chi connectivity index (χ0) is 27.5. The molecule has 3 aromatic rings. The van der Waals surface area contributed by atoms with E-state index >= 15 is 0 Å². The van der Waals surface area contributed by atoms with Crippen LogP contribution in [-0.4, -0.2) is 48.2 Å². The van der Waals surface area contributed by atoms with Gasteiger partial charge in [0.15, 0.2) is 0 Å². The highest BCUT2D eigenvalue weighted by Gasteiger charge is 2.28. The van der Waals surface area contributed by atoms with Gasteiger partial charge in [0.05, 0.1) is 21.6 Å². The number of aromatic nitrogens is 3. The summed E-state index contributed by atoms with van der Waals surface area (Å²) >= 11 is 0. The van der Waals surface area contributed by atoms with E-state index < -0.39 is 21.5 Å². The molecule has 0 radical (unpaired) electrons. The minimum atomic E-state index is -1.05. The molecule has 0 atom stereocenters. The number of aliphatic hydroxyl groups excluding tert-OH is 1. The second-order valence-electron chi connectivity index (χ2n) is 8.42. The average Bonchev–Trinajstić information content (AvgIpc) is 3.74. The van der Waals surface area contributed by atoms with Crippen molar-refractivity contribution in [1.29, 1.82) is 0 Å². The van der Waals surface area contributed by atoms with Gasteiger partial charge in [-0.25, -0.2) is 15.0 Å². The summed E-state index contributed by atoms with van der Waals surface area (Å²) in [4.78, 5) is 30.1. The molecule has 3 fully saturated rings. The molecule has 0 aliphatic heterocycles. The number of nitrogens with two attached hydrogens (primary N) is 1. The fourth-order valence-corrected chi connectivity index (χ4v) is 2.39. The molecule has 3 aromatic heterocycles. The molecule has 0 amide bonds. The zero-order valence-electron chi connectivity index (χ0n) is 20.3. The van der Waals surface area contributed by atoms with E-state index in [0.717, 1.165) is 50.8 Å². The molecule has 0 saturated heterocycles. The number of aliphatic hydroxyl groups is 1. The Morgan fingerprint density at radius 1 is 0.789 bits per heavy atom. The molecule has 0 unspecified atom stereocenters. The molecule has 0 spiro atoms. The van der Waals surface area contributed by atoms with Gasteiger partial charge in [-0.2, -0.15) is 4.39 Å². The van der Waals surface area contributed by atoms with Gasteiger partial charge in [0, 0.05) is 30.7 Å². The summed E-state index contributed by atoms with van der Waals surface area (Å²) in [5.41, 5.74) is 5.58. The lowest BCUT2D eigenvalue weighted by atomic mass is 10.4. The summed E-state index contributed by atoms with van der Waals surface area (Å²) in [6.07, 6.45) is 11.2. The van der Waals surface area contributed by atoms with Crippen molar-refractivity contribution >= 4 is 17.1 Å². The van der Waals surface area contributed by atoms with Crippen LogP contribution in [0.3, 0.4) is 0 Å². The van der Waals surface area contributed by atoms with Gasteiger partial charge in [-0.1, -0.05) is 0 Å². The second kappa shape index (κ2) is 13.7. The Kier molecular flexibility index (Phi) is 10.2. The van der Waals surface area contributed by atoms with Crippen molar-refractivity contribution in [3.05, 3.63) is 81.2 Å². The molecule has 202 valence electrons. The minimum absolute atomic E-state index is 0.0607. The Bertz CT molecular complexity index is 1220. The lowest BCUT2D eigenvalue weighted by Crippen LogP contribution is -2.01. The van der Waals surface area contributed by atoms with Crippen LogP contribution < -0.4 is 15.2 Å². The van der Waals surface area contributed by atoms with Crippen molar-refractivity contribution < 1.29 is 28.8 Å². The van der Waals surface area contributed by atoms with Crippen LogP contribution in [0.4, 0.5) is 21.5 Å². The Hall–Kier alpha value is -4.46. The minimum Gasteiger partial charge on any atom is -0.473 e. The average molecular weight is 531 g/mol. The quantitative estimate of drug-likeness (QED) is 0.266. The summed E-state index contributed by atoms with van der Waals surface area (Å²) in [5, 5.41) is 28.6. The van der Waals surface area contributed by atoms with Gasteiger partial charge in [0.2, 0.25) is 5.88 Å². The predicted molar refractivity (Wildman–Crippen MR) is 133 cm³/mol. The van der Waals surface area contributed by atoms with E-state index in [2.05, 4.69) is 15.0 Å². The number of rotatable bonds is 6. The first-order valence-electron chi connectivity index (χ1n) is 11.8. The molecule has 3 saturated carbocycles. The number of nitro groups is 2.